The van der Waals surface area contributed by atoms with Gasteiger partial charge in [0.05, 0.1) is 6.61 Å². The molecule has 0 saturated heterocycles. The van der Waals surface area contributed by atoms with Crippen LogP contribution >= 0.6 is 0 Å². The van der Waals surface area contributed by atoms with Crippen molar-refractivity contribution in [3.8, 4) is 5.75 Å². The van der Waals surface area contributed by atoms with E-state index in [4.69, 9.17) is 4.74 Å². The number of urea groups is 1. The van der Waals surface area contributed by atoms with Gasteiger partial charge in [0.2, 0.25) is 0 Å². The Labute approximate surface area is 119 Å². The molecule has 1 heterocycles. The third-order valence-corrected chi connectivity index (χ3v) is 4.38. The molecule has 20 heavy (non-hydrogen) atoms. The summed E-state index contributed by atoms with van der Waals surface area (Å²) in [5.41, 5.74) is 2.02. The van der Waals surface area contributed by atoms with Gasteiger partial charge < -0.3 is 15.4 Å². The molecule has 1 aliphatic carbocycles. The first-order chi connectivity index (χ1) is 9.72. The van der Waals surface area contributed by atoms with E-state index in [2.05, 4.69) is 17.6 Å². The average Bonchev–Trinajstić information content (AvgIpc) is 2.89. The van der Waals surface area contributed by atoms with Crippen LogP contribution in [0.2, 0.25) is 0 Å². The summed E-state index contributed by atoms with van der Waals surface area (Å²) in [7, 11) is 0. The van der Waals surface area contributed by atoms with Crippen molar-refractivity contribution in [2.75, 3.05) is 11.9 Å². The molecule has 1 saturated carbocycles. The second kappa shape index (κ2) is 5.73. The molecule has 1 aliphatic heterocycles. The van der Waals surface area contributed by atoms with Crippen LogP contribution in [0.5, 0.6) is 5.75 Å². The van der Waals surface area contributed by atoms with Crippen molar-refractivity contribution in [2.45, 2.75) is 45.1 Å². The van der Waals surface area contributed by atoms with Crippen molar-refractivity contribution in [1.82, 2.24) is 5.32 Å². The standard InChI is InChI=1S/C16H22N2O2/c1-11-4-2-3-5-14(11)18-16(19)17-13-6-7-15-12(10-13)8-9-20-15/h6-7,10-11,14H,2-5,8-9H2,1H3,(H2,17,18,19). The molecule has 2 aliphatic rings. The zero-order valence-electron chi connectivity index (χ0n) is 11.9. The fourth-order valence-electron chi connectivity index (χ4n) is 3.13. The van der Waals surface area contributed by atoms with Crippen LogP contribution in [0.4, 0.5) is 10.5 Å². The highest BCUT2D eigenvalue weighted by atomic mass is 16.5. The molecule has 3 rings (SSSR count). The van der Waals surface area contributed by atoms with Crippen LogP contribution in [0.25, 0.3) is 0 Å². The molecule has 4 nitrogen and oxygen atoms in total. The van der Waals surface area contributed by atoms with Gasteiger partial charge in [-0.1, -0.05) is 19.8 Å². The highest BCUT2D eigenvalue weighted by molar-refractivity contribution is 5.89. The lowest BCUT2D eigenvalue weighted by atomic mass is 9.86. The second-order valence-electron chi connectivity index (χ2n) is 5.89. The molecule has 2 amide bonds. The lowest BCUT2D eigenvalue weighted by molar-refractivity contribution is 0.232. The number of fused-ring (bicyclic) bond motifs is 1. The first-order valence-electron chi connectivity index (χ1n) is 7.55. The Morgan fingerprint density at radius 2 is 2.15 bits per heavy atom. The van der Waals surface area contributed by atoms with E-state index < -0.39 is 0 Å². The molecule has 1 aromatic rings. The number of carbonyl (C=O) groups is 1. The van der Waals surface area contributed by atoms with Gasteiger partial charge >= 0.3 is 6.03 Å². The van der Waals surface area contributed by atoms with E-state index in [-0.39, 0.29) is 6.03 Å². The van der Waals surface area contributed by atoms with Crippen LogP contribution in [0.1, 0.15) is 38.2 Å². The van der Waals surface area contributed by atoms with Crippen molar-refractivity contribution in [2.24, 2.45) is 5.92 Å². The molecule has 0 aromatic heterocycles. The van der Waals surface area contributed by atoms with E-state index in [0.717, 1.165) is 30.9 Å². The minimum Gasteiger partial charge on any atom is -0.493 e. The maximum atomic E-state index is 12.1. The van der Waals surface area contributed by atoms with E-state index in [0.29, 0.717) is 12.0 Å². The van der Waals surface area contributed by atoms with Gasteiger partial charge in [-0.15, -0.1) is 0 Å². The SMILES string of the molecule is CC1CCCCC1NC(=O)Nc1ccc2c(c1)CCO2. The first kappa shape index (κ1) is 13.3. The van der Waals surface area contributed by atoms with Crippen LogP contribution in [0.15, 0.2) is 18.2 Å². The van der Waals surface area contributed by atoms with Crippen LogP contribution in [-0.4, -0.2) is 18.7 Å². The predicted molar refractivity (Wildman–Crippen MR) is 79.2 cm³/mol. The Kier molecular flexibility index (Phi) is 3.81. The van der Waals surface area contributed by atoms with Crippen molar-refractivity contribution in [3.05, 3.63) is 23.8 Å². The molecule has 2 atom stereocenters. The Balaban J connectivity index is 1.58. The highest BCUT2D eigenvalue weighted by Crippen LogP contribution is 2.28. The summed E-state index contributed by atoms with van der Waals surface area (Å²) in [6.45, 7) is 2.96. The summed E-state index contributed by atoms with van der Waals surface area (Å²) in [5.74, 6) is 1.51. The van der Waals surface area contributed by atoms with Gasteiger partial charge in [-0.05, 0) is 42.5 Å². The summed E-state index contributed by atoms with van der Waals surface area (Å²) in [6.07, 6.45) is 5.72. The van der Waals surface area contributed by atoms with Crippen LogP contribution in [0.3, 0.4) is 0 Å². The van der Waals surface area contributed by atoms with Gasteiger partial charge in [-0.3, -0.25) is 0 Å². The zero-order valence-corrected chi connectivity index (χ0v) is 11.9. The van der Waals surface area contributed by atoms with E-state index >= 15 is 0 Å². The van der Waals surface area contributed by atoms with Crippen LogP contribution < -0.4 is 15.4 Å². The third-order valence-electron chi connectivity index (χ3n) is 4.38. The predicted octanol–water partition coefficient (Wildman–Crippen LogP) is 3.32. The fourth-order valence-corrected chi connectivity index (χ4v) is 3.13. The van der Waals surface area contributed by atoms with E-state index in [1.54, 1.807) is 0 Å². The third kappa shape index (κ3) is 2.89. The normalized spacial score (nSPS) is 24.6. The van der Waals surface area contributed by atoms with Gasteiger partial charge in [-0.2, -0.15) is 0 Å². The molecule has 0 bridgehead atoms. The molecule has 108 valence electrons. The fraction of sp³-hybridized carbons (Fsp3) is 0.562. The van der Waals surface area contributed by atoms with Gasteiger partial charge in [-0.25, -0.2) is 4.79 Å². The number of anilines is 1. The zero-order chi connectivity index (χ0) is 13.9. The molecule has 0 spiro atoms. The van der Waals surface area contributed by atoms with Crippen molar-refractivity contribution in [3.63, 3.8) is 0 Å². The van der Waals surface area contributed by atoms with E-state index in [1.165, 1.54) is 24.8 Å². The molecule has 4 heteroatoms. The van der Waals surface area contributed by atoms with Gasteiger partial charge in [0.25, 0.3) is 0 Å². The number of hydrogen-bond donors (Lipinski definition) is 2. The lowest BCUT2D eigenvalue weighted by Gasteiger charge is -2.29. The maximum absolute atomic E-state index is 12.1. The van der Waals surface area contributed by atoms with E-state index in [1.807, 2.05) is 18.2 Å². The largest absolute Gasteiger partial charge is 0.493 e. The van der Waals surface area contributed by atoms with Gasteiger partial charge in [0.15, 0.2) is 0 Å². The summed E-state index contributed by atoms with van der Waals surface area (Å²) >= 11 is 0. The average molecular weight is 274 g/mol. The summed E-state index contributed by atoms with van der Waals surface area (Å²) in [6, 6.07) is 6.05. The number of ether oxygens (including phenoxy) is 1. The number of rotatable bonds is 2. The highest BCUT2D eigenvalue weighted by Gasteiger charge is 2.22. The van der Waals surface area contributed by atoms with Gasteiger partial charge in [0.1, 0.15) is 5.75 Å². The monoisotopic (exact) mass is 274 g/mol. The van der Waals surface area contributed by atoms with Crippen LogP contribution in [0, 0.1) is 5.92 Å². The minimum atomic E-state index is -0.0948. The molecule has 0 radical (unpaired) electrons. The molecular formula is C16H22N2O2. The Bertz CT molecular complexity index is 501. The minimum absolute atomic E-state index is 0.0948. The number of hydrogen-bond acceptors (Lipinski definition) is 2. The van der Waals surface area contributed by atoms with Crippen molar-refractivity contribution < 1.29 is 9.53 Å². The summed E-state index contributed by atoms with van der Waals surface area (Å²) in [5, 5.41) is 6.04. The summed E-state index contributed by atoms with van der Waals surface area (Å²) < 4.78 is 5.47. The smallest absolute Gasteiger partial charge is 0.319 e. The Morgan fingerprint density at radius 1 is 1.30 bits per heavy atom. The Hall–Kier alpha value is -1.71. The maximum Gasteiger partial charge on any atom is 0.319 e. The molecule has 2 N–H and O–H groups in total. The molecule has 2 unspecified atom stereocenters. The molecule has 1 aromatic carbocycles. The Morgan fingerprint density at radius 3 is 3.00 bits per heavy atom. The lowest BCUT2D eigenvalue weighted by Crippen LogP contribution is -2.43. The number of benzene rings is 1. The molecular weight excluding hydrogens is 252 g/mol. The topological polar surface area (TPSA) is 50.4 Å². The summed E-state index contributed by atoms with van der Waals surface area (Å²) in [4.78, 5) is 12.1. The van der Waals surface area contributed by atoms with E-state index in [9.17, 15) is 4.79 Å². The first-order valence-corrected chi connectivity index (χ1v) is 7.55. The number of amides is 2. The van der Waals surface area contributed by atoms with Gasteiger partial charge in [0, 0.05) is 18.2 Å². The second-order valence-corrected chi connectivity index (χ2v) is 5.89. The van der Waals surface area contributed by atoms with Crippen LogP contribution in [-0.2, 0) is 6.42 Å². The molecule has 1 fully saturated rings. The quantitative estimate of drug-likeness (QED) is 0.869. The van der Waals surface area contributed by atoms with Crippen molar-refractivity contribution >= 4 is 11.7 Å². The number of nitrogens with one attached hydrogen (secondary N) is 2. The van der Waals surface area contributed by atoms with Crippen molar-refractivity contribution in [1.29, 1.82) is 0 Å². The number of carbonyl (C=O) groups excluding carboxylic acids is 1.